The Bertz CT molecular complexity index is 327. The molecule has 0 aliphatic heterocycles. The predicted molar refractivity (Wildman–Crippen MR) is 49.8 cm³/mol. The molecule has 0 radical (unpaired) electrons. The van der Waals surface area contributed by atoms with Gasteiger partial charge in [0.2, 0.25) is 0 Å². The first-order valence-electron chi connectivity index (χ1n) is 3.47. The van der Waals surface area contributed by atoms with Crippen LogP contribution in [-0.4, -0.2) is 25.2 Å². The zero-order valence-electron chi connectivity index (χ0n) is 7.20. The third kappa shape index (κ3) is 2.18. The monoisotopic (exact) mass is 245 g/mol. The van der Waals surface area contributed by atoms with Crippen molar-refractivity contribution in [2.45, 2.75) is 0 Å². The van der Waals surface area contributed by atoms with E-state index in [2.05, 4.69) is 25.7 Å². The van der Waals surface area contributed by atoms with Crippen molar-refractivity contribution in [1.29, 1.82) is 0 Å². The number of methoxy groups -OCH3 is 2. The molecule has 0 aromatic carbocycles. The van der Waals surface area contributed by atoms with Gasteiger partial charge in [0.25, 0.3) is 0 Å². The molecular formula is C8H8BrNO3. The summed E-state index contributed by atoms with van der Waals surface area (Å²) >= 11 is 3.19. The molecule has 0 aliphatic rings. The highest BCUT2D eigenvalue weighted by Crippen LogP contribution is 2.20. The molecule has 0 aliphatic carbocycles. The molecule has 0 fully saturated rings. The minimum Gasteiger partial charge on any atom is -0.495 e. The van der Waals surface area contributed by atoms with E-state index < -0.39 is 5.97 Å². The van der Waals surface area contributed by atoms with E-state index in [4.69, 9.17) is 4.74 Å². The van der Waals surface area contributed by atoms with Gasteiger partial charge in [0.15, 0.2) is 5.69 Å². The number of esters is 1. The fourth-order valence-electron chi connectivity index (χ4n) is 0.779. The second kappa shape index (κ2) is 4.23. The van der Waals surface area contributed by atoms with Gasteiger partial charge < -0.3 is 9.47 Å². The maximum Gasteiger partial charge on any atom is 0.357 e. The lowest BCUT2D eigenvalue weighted by Crippen LogP contribution is -2.05. The second-order valence-corrected chi connectivity index (χ2v) is 3.05. The van der Waals surface area contributed by atoms with Gasteiger partial charge in [-0.05, 0) is 22.0 Å². The van der Waals surface area contributed by atoms with E-state index >= 15 is 0 Å². The highest BCUT2D eigenvalue weighted by atomic mass is 79.9. The van der Waals surface area contributed by atoms with Crippen LogP contribution in [0.25, 0.3) is 0 Å². The van der Waals surface area contributed by atoms with Gasteiger partial charge in [-0.15, -0.1) is 0 Å². The van der Waals surface area contributed by atoms with Crippen LogP contribution >= 0.6 is 15.9 Å². The van der Waals surface area contributed by atoms with Crippen LogP contribution in [0, 0.1) is 0 Å². The third-order valence-electron chi connectivity index (χ3n) is 1.43. The van der Waals surface area contributed by atoms with Crippen LogP contribution in [0.2, 0.25) is 0 Å². The topological polar surface area (TPSA) is 48.4 Å². The lowest BCUT2D eigenvalue weighted by molar-refractivity contribution is 0.0593. The van der Waals surface area contributed by atoms with E-state index in [0.29, 0.717) is 10.2 Å². The quantitative estimate of drug-likeness (QED) is 0.744. The summed E-state index contributed by atoms with van der Waals surface area (Å²) in [7, 11) is 2.84. The van der Waals surface area contributed by atoms with E-state index in [1.807, 2.05) is 0 Å². The van der Waals surface area contributed by atoms with Crippen molar-refractivity contribution in [3.05, 3.63) is 22.4 Å². The average molecular weight is 246 g/mol. The van der Waals surface area contributed by atoms with E-state index in [1.165, 1.54) is 20.4 Å². The minimum atomic E-state index is -0.477. The molecule has 70 valence electrons. The summed E-state index contributed by atoms with van der Waals surface area (Å²) in [6.07, 6.45) is 1.46. The maximum atomic E-state index is 11.1. The molecule has 0 N–H and O–H groups in total. The average Bonchev–Trinajstić information content (AvgIpc) is 2.16. The molecule has 0 unspecified atom stereocenters. The van der Waals surface area contributed by atoms with Crippen molar-refractivity contribution in [3.63, 3.8) is 0 Å². The van der Waals surface area contributed by atoms with Crippen LogP contribution in [-0.2, 0) is 4.74 Å². The SMILES string of the molecule is COC(=O)c1ncc(OC)cc1Br. The highest BCUT2D eigenvalue weighted by molar-refractivity contribution is 9.10. The molecular weight excluding hydrogens is 238 g/mol. The van der Waals surface area contributed by atoms with Crippen molar-refractivity contribution in [2.24, 2.45) is 0 Å². The minimum absolute atomic E-state index is 0.239. The first-order valence-corrected chi connectivity index (χ1v) is 4.26. The molecule has 1 aromatic rings. The summed E-state index contributed by atoms with van der Waals surface area (Å²) in [5.74, 6) is 0.106. The summed E-state index contributed by atoms with van der Waals surface area (Å²) in [6, 6.07) is 1.65. The first kappa shape index (κ1) is 9.98. The Balaban J connectivity index is 3.05. The summed E-state index contributed by atoms with van der Waals surface area (Å²) in [4.78, 5) is 15.0. The molecule has 0 spiro atoms. The Kier molecular flexibility index (Phi) is 3.25. The number of hydrogen-bond acceptors (Lipinski definition) is 4. The number of hydrogen-bond donors (Lipinski definition) is 0. The molecule has 0 amide bonds. The van der Waals surface area contributed by atoms with E-state index in [-0.39, 0.29) is 5.69 Å². The first-order chi connectivity index (χ1) is 6.19. The molecule has 0 saturated heterocycles. The molecule has 1 aromatic heterocycles. The summed E-state index contributed by atoms with van der Waals surface area (Å²) < 4.78 is 9.99. The van der Waals surface area contributed by atoms with Gasteiger partial charge in [0.1, 0.15) is 5.75 Å². The predicted octanol–water partition coefficient (Wildman–Crippen LogP) is 1.64. The van der Waals surface area contributed by atoms with Crippen LogP contribution in [0.1, 0.15) is 10.5 Å². The van der Waals surface area contributed by atoms with Gasteiger partial charge in [-0.25, -0.2) is 9.78 Å². The van der Waals surface area contributed by atoms with Gasteiger partial charge in [-0.3, -0.25) is 0 Å². The molecule has 1 rings (SSSR count). The molecule has 5 heteroatoms. The Morgan fingerprint density at radius 3 is 2.69 bits per heavy atom. The standard InChI is InChI=1S/C8H8BrNO3/c1-12-5-3-6(9)7(10-4-5)8(11)13-2/h3-4H,1-2H3. The fraction of sp³-hybridized carbons (Fsp3) is 0.250. The molecule has 4 nitrogen and oxygen atoms in total. The number of halogens is 1. The smallest absolute Gasteiger partial charge is 0.357 e. The number of ether oxygens (including phenoxy) is 2. The summed E-state index contributed by atoms with van der Waals surface area (Å²) in [5, 5.41) is 0. The molecule has 0 saturated carbocycles. The zero-order chi connectivity index (χ0) is 9.84. The Morgan fingerprint density at radius 1 is 1.54 bits per heavy atom. The number of aromatic nitrogens is 1. The molecule has 13 heavy (non-hydrogen) atoms. The Morgan fingerprint density at radius 2 is 2.23 bits per heavy atom. The van der Waals surface area contributed by atoms with Gasteiger partial charge >= 0.3 is 5.97 Å². The van der Waals surface area contributed by atoms with Crippen LogP contribution in [0.15, 0.2) is 16.7 Å². The van der Waals surface area contributed by atoms with E-state index in [1.54, 1.807) is 6.07 Å². The normalized spacial score (nSPS) is 9.46. The third-order valence-corrected chi connectivity index (χ3v) is 2.04. The van der Waals surface area contributed by atoms with Crippen molar-refractivity contribution in [2.75, 3.05) is 14.2 Å². The number of rotatable bonds is 2. The van der Waals surface area contributed by atoms with Crippen LogP contribution < -0.4 is 4.74 Å². The Hall–Kier alpha value is -1.10. The van der Waals surface area contributed by atoms with Crippen molar-refractivity contribution < 1.29 is 14.3 Å². The summed E-state index contributed by atoms with van der Waals surface area (Å²) in [6.45, 7) is 0. The zero-order valence-corrected chi connectivity index (χ0v) is 8.79. The number of carbonyl (C=O) groups is 1. The van der Waals surface area contributed by atoms with Gasteiger partial charge in [-0.2, -0.15) is 0 Å². The van der Waals surface area contributed by atoms with Crippen molar-refractivity contribution in [3.8, 4) is 5.75 Å². The van der Waals surface area contributed by atoms with Crippen molar-refractivity contribution >= 4 is 21.9 Å². The second-order valence-electron chi connectivity index (χ2n) is 2.20. The largest absolute Gasteiger partial charge is 0.495 e. The number of carbonyl (C=O) groups excluding carboxylic acids is 1. The fourth-order valence-corrected chi connectivity index (χ4v) is 1.27. The van der Waals surface area contributed by atoms with E-state index in [9.17, 15) is 4.79 Å². The van der Waals surface area contributed by atoms with Gasteiger partial charge in [0.05, 0.1) is 24.9 Å². The lowest BCUT2D eigenvalue weighted by Gasteiger charge is -2.03. The van der Waals surface area contributed by atoms with Gasteiger partial charge in [-0.1, -0.05) is 0 Å². The van der Waals surface area contributed by atoms with Crippen LogP contribution in [0.3, 0.4) is 0 Å². The highest BCUT2D eigenvalue weighted by Gasteiger charge is 2.12. The van der Waals surface area contributed by atoms with Crippen LogP contribution in [0.4, 0.5) is 0 Å². The van der Waals surface area contributed by atoms with Crippen LogP contribution in [0.5, 0.6) is 5.75 Å². The van der Waals surface area contributed by atoms with E-state index in [0.717, 1.165) is 0 Å². The Labute approximate surface area is 84.0 Å². The lowest BCUT2D eigenvalue weighted by atomic mass is 10.3. The van der Waals surface area contributed by atoms with Crippen molar-refractivity contribution in [1.82, 2.24) is 4.98 Å². The summed E-state index contributed by atoms with van der Waals surface area (Å²) in [5.41, 5.74) is 0.239. The maximum absolute atomic E-state index is 11.1. The molecule has 0 atom stereocenters. The van der Waals surface area contributed by atoms with Gasteiger partial charge in [0, 0.05) is 0 Å². The molecule has 0 bridgehead atoms. The number of nitrogens with zero attached hydrogens (tertiary/aromatic N) is 1. The molecule has 1 heterocycles. The number of pyridine rings is 1.